The molecule has 0 saturated carbocycles. The molecule has 0 aromatic heterocycles. The number of anilines is 1. The standard InChI is InChI=1S/C27H25ClN2O3/c1-4-32-26-15-20(7-12-25(26)33-17-21-6-5-18(2)19(3)13-21)14-22(16-29)27(31)30-24-10-8-23(28)9-11-24/h5-15H,4,17H2,1-3H3,(H,30,31)/b22-14+. The second-order valence-corrected chi connectivity index (χ2v) is 7.91. The number of carbonyl (C=O) groups is 1. The summed E-state index contributed by atoms with van der Waals surface area (Å²) >= 11 is 5.87. The molecule has 0 aliphatic carbocycles. The van der Waals surface area contributed by atoms with Crippen LogP contribution in [0.2, 0.25) is 5.02 Å². The van der Waals surface area contributed by atoms with Crippen molar-refractivity contribution in [2.75, 3.05) is 11.9 Å². The van der Waals surface area contributed by atoms with Crippen molar-refractivity contribution in [3.63, 3.8) is 0 Å². The zero-order valence-corrected chi connectivity index (χ0v) is 19.6. The average Bonchev–Trinajstić information content (AvgIpc) is 2.80. The number of hydrogen-bond donors (Lipinski definition) is 1. The van der Waals surface area contributed by atoms with Gasteiger partial charge in [0, 0.05) is 10.7 Å². The first-order valence-electron chi connectivity index (χ1n) is 10.5. The van der Waals surface area contributed by atoms with Gasteiger partial charge in [-0.25, -0.2) is 0 Å². The van der Waals surface area contributed by atoms with Crippen LogP contribution >= 0.6 is 11.6 Å². The van der Waals surface area contributed by atoms with Crippen LogP contribution in [-0.4, -0.2) is 12.5 Å². The lowest BCUT2D eigenvalue weighted by atomic mass is 10.1. The average molecular weight is 461 g/mol. The van der Waals surface area contributed by atoms with Crippen LogP contribution in [0.5, 0.6) is 11.5 Å². The van der Waals surface area contributed by atoms with Gasteiger partial charge in [-0.15, -0.1) is 0 Å². The van der Waals surface area contributed by atoms with Crippen molar-refractivity contribution in [3.05, 3.63) is 93.5 Å². The molecule has 3 aromatic carbocycles. The number of rotatable bonds is 8. The van der Waals surface area contributed by atoms with Crippen molar-refractivity contribution in [3.8, 4) is 17.6 Å². The summed E-state index contributed by atoms with van der Waals surface area (Å²) in [6.07, 6.45) is 1.51. The van der Waals surface area contributed by atoms with E-state index in [9.17, 15) is 10.1 Å². The fourth-order valence-electron chi connectivity index (χ4n) is 3.10. The normalized spacial score (nSPS) is 10.9. The quantitative estimate of drug-likeness (QED) is 0.308. The number of hydrogen-bond acceptors (Lipinski definition) is 4. The molecule has 0 fully saturated rings. The van der Waals surface area contributed by atoms with Crippen LogP contribution in [0.25, 0.3) is 6.08 Å². The Morgan fingerprint density at radius 3 is 2.42 bits per heavy atom. The Kier molecular flexibility index (Phi) is 8.12. The van der Waals surface area contributed by atoms with E-state index in [0.29, 0.717) is 41.0 Å². The molecule has 0 radical (unpaired) electrons. The van der Waals surface area contributed by atoms with E-state index in [0.717, 1.165) is 5.56 Å². The smallest absolute Gasteiger partial charge is 0.266 e. The van der Waals surface area contributed by atoms with Crippen molar-refractivity contribution in [1.82, 2.24) is 0 Å². The molecule has 0 aliphatic rings. The van der Waals surface area contributed by atoms with Gasteiger partial charge < -0.3 is 14.8 Å². The number of nitrogens with one attached hydrogen (secondary N) is 1. The minimum atomic E-state index is -0.507. The van der Waals surface area contributed by atoms with Gasteiger partial charge in [-0.05, 0) is 85.5 Å². The lowest BCUT2D eigenvalue weighted by Gasteiger charge is -2.13. The number of ether oxygens (including phenoxy) is 2. The molecule has 0 heterocycles. The molecule has 0 unspecified atom stereocenters. The van der Waals surface area contributed by atoms with Crippen LogP contribution < -0.4 is 14.8 Å². The van der Waals surface area contributed by atoms with Gasteiger partial charge in [-0.2, -0.15) is 5.26 Å². The SMILES string of the molecule is CCOc1cc(/C=C(\C#N)C(=O)Nc2ccc(Cl)cc2)ccc1OCc1ccc(C)c(C)c1. The number of amides is 1. The highest BCUT2D eigenvalue weighted by atomic mass is 35.5. The molecule has 33 heavy (non-hydrogen) atoms. The maximum absolute atomic E-state index is 12.5. The third-order valence-electron chi connectivity index (χ3n) is 5.01. The zero-order chi connectivity index (χ0) is 23.8. The molecule has 6 heteroatoms. The van der Waals surface area contributed by atoms with Gasteiger partial charge in [0.2, 0.25) is 0 Å². The van der Waals surface area contributed by atoms with Crippen molar-refractivity contribution >= 4 is 29.3 Å². The fraction of sp³-hybridized carbons (Fsp3) is 0.185. The number of nitrogens with zero attached hydrogens (tertiary/aromatic N) is 1. The third-order valence-corrected chi connectivity index (χ3v) is 5.26. The maximum atomic E-state index is 12.5. The van der Waals surface area contributed by atoms with Crippen LogP contribution in [0.4, 0.5) is 5.69 Å². The first-order valence-corrected chi connectivity index (χ1v) is 10.9. The number of halogens is 1. The number of carbonyl (C=O) groups excluding carboxylic acids is 1. The number of aryl methyl sites for hydroxylation is 2. The minimum Gasteiger partial charge on any atom is -0.490 e. The van der Waals surface area contributed by atoms with E-state index in [1.54, 1.807) is 42.5 Å². The van der Waals surface area contributed by atoms with Crippen LogP contribution in [0.1, 0.15) is 29.2 Å². The number of nitriles is 1. The molecule has 5 nitrogen and oxygen atoms in total. The second kappa shape index (κ2) is 11.2. The van der Waals surface area contributed by atoms with Crippen molar-refractivity contribution in [2.45, 2.75) is 27.4 Å². The highest BCUT2D eigenvalue weighted by molar-refractivity contribution is 6.30. The Hall–Kier alpha value is -3.75. The summed E-state index contributed by atoms with van der Waals surface area (Å²) in [5.74, 6) is 0.634. The highest BCUT2D eigenvalue weighted by Gasteiger charge is 2.12. The first kappa shape index (κ1) is 23.9. The second-order valence-electron chi connectivity index (χ2n) is 7.48. The summed E-state index contributed by atoms with van der Waals surface area (Å²) in [6.45, 7) is 6.89. The van der Waals surface area contributed by atoms with Crippen molar-refractivity contribution < 1.29 is 14.3 Å². The van der Waals surface area contributed by atoms with Gasteiger partial charge >= 0.3 is 0 Å². The van der Waals surface area contributed by atoms with E-state index in [1.807, 2.05) is 19.1 Å². The van der Waals surface area contributed by atoms with E-state index in [1.165, 1.54) is 17.2 Å². The molecule has 0 aliphatic heterocycles. The molecule has 0 spiro atoms. The largest absolute Gasteiger partial charge is 0.490 e. The van der Waals surface area contributed by atoms with Crippen molar-refractivity contribution in [2.24, 2.45) is 0 Å². The van der Waals surface area contributed by atoms with Gasteiger partial charge in [-0.1, -0.05) is 35.9 Å². The van der Waals surface area contributed by atoms with Crippen LogP contribution in [-0.2, 0) is 11.4 Å². The van der Waals surface area contributed by atoms with E-state index >= 15 is 0 Å². The molecule has 0 saturated heterocycles. The van der Waals surface area contributed by atoms with Crippen LogP contribution in [0.3, 0.4) is 0 Å². The minimum absolute atomic E-state index is 0.0313. The molecule has 0 bridgehead atoms. The molecule has 1 N–H and O–H groups in total. The zero-order valence-electron chi connectivity index (χ0n) is 18.8. The van der Waals surface area contributed by atoms with Gasteiger partial charge in [-0.3, -0.25) is 4.79 Å². The lowest BCUT2D eigenvalue weighted by molar-refractivity contribution is -0.112. The predicted molar refractivity (Wildman–Crippen MR) is 132 cm³/mol. The summed E-state index contributed by atoms with van der Waals surface area (Å²) in [6, 6.07) is 20.2. The Labute approximate surface area is 199 Å². The van der Waals surface area contributed by atoms with Crippen molar-refractivity contribution in [1.29, 1.82) is 5.26 Å². The topological polar surface area (TPSA) is 71.3 Å². The number of benzene rings is 3. The van der Waals surface area contributed by atoms with Gasteiger partial charge in [0.25, 0.3) is 5.91 Å². The molecular weight excluding hydrogens is 436 g/mol. The van der Waals surface area contributed by atoms with Crippen LogP contribution in [0, 0.1) is 25.2 Å². The van der Waals surface area contributed by atoms with E-state index in [4.69, 9.17) is 21.1 Å². The van der Waals surface area contributed by atoms with Crippen LogP contribution in [0.15, 0.2) is 66.2 Å². The summed E-state index contributed by atoms with van der Waals surface area (Å²) in [7, 11) is 0. The Morgan fingerprint density at radius 1 is 1.00 bits per heavy atom. The highest BCUT2D eigenvalue weighted by Crippen LogP contribution is 2.30. The van der Waals surface area contributed by atoms with E-state index in [2.05, 4.69) is 31.3 Å². The van der Waals surface area contributed by atoms with E-state index < -0.39 is 5.91 Å². The van der Waals surface area contributed by atoms with Gasteiger partial charge in [0.15, 0.2) is 11.5 Å². The van der Waals surface area contributed by atoms with E-state index in [-0.39, 0.29) is 5.57 Å². The summed E-state index contributed by atoms with van der Waals surface area (Å²) < 4.78 is 11.7. The van der Waals surface area contributed by atoms with Gasteiger partial charge in [0.1, 0.15) is 18.2 Å². The third kappa shape index (κ3) is 6.61. The molecule has 3 rings (SSSR count). The monoisotopic (exact) mass is 460 g/mol. The lowest BCUT2D eigenvalue weighted by Crippen LogP contribution is -2.13. The Balaban J connectivity index is 1.77. The molecule has 3 aromatic rings. The molecule has 168 valence electrons. The predicted octanol–water partition coefficient (Wildman–Crippen LogP) is 6.48. The molecule has 1 amide bonds. The Morgan fingerprint density at radius 2 is 1.76 bits per heavy atom. The molecular formula is C27H25ClN2O3. The maximum Gasteiger partial charge on any atom is 0.266 e. The molecule has 0 atom stereocenters. The summed E-state index contributed by atoms with van der Waals surface area (Å²) in [4.78, 5) is 12.5. The summed E-state index contributed by atoms with van der Waals surface area (Å²) in [5.41, 5.74) is 4.68. The van der Waals surface area contributed by atoms with Gasteiger partial charge in [0.05, 0.1) is 6.61 Å². The summed E-state index contributed by atoms with van der Waals surface area (Å²) in [5, 5.41) is 12.8. The fourth-order valence-corrected chi connectivity index (χ4v) is 3.23. The Bertz CT molecular complexity index is 1210. The first-order chi connectivity index (χ1) is 15.9.